The molecule has 0 radical (unpaired) electrons. The van der Waals surface area contributed by atoms with Crippen LogP contribution in [0.4, 0.5) is 8.78 Å². The van der Waals surface area contributed by atoms with Crippen molar-refractivity contribution >= 4 is 0 Å². The van der Waals surface area contributed by atoms with Crippen LogP contribution in [0.5, 0.6) is 0 Å². The molecule has 4 heteroatoms. The molecule has 1 aliphatic heterocycles. The Morgan fingerprint density at radius 3 is 2.77 bits per heavy atom. The van der Waals surface area contributed by atoms with Crippen molar-refractivity contribution in [3.8, 4) is 0 Å². The molecule has 0 saturated carbocycles. The number of nitrogens with two attached hydrogens (primary N) is 1. The molecular weight excluding hydrogens is 174 g/mol. The molecule has 1 unspecified atom stereocenters. The Bertz CT molecular complexity index is 142. The number of hydrogen-bond acceptors (Lipinski definition) is 2. The Hall–Kier alpha value is -0.220. The molecule has 1 fully saturated rings. The van der Waals surface area contributed by atoms with Gasteiger partial charge in [0.25, 0.3) is 6.43 Å². The highest BCUT2D eigenvalue weighted by atomic mass is 19.3. The number of likely N-dealkylation sites (tertiary alicyclic amines) is 1. The highest BCUT2D eigenvalue weighted by Crippen LogP contribution is 2.16. The van der Waals surface area contributed by atoms with Crippen molar-refractivity contribution < 1.29 is 8.78 Å². The maximum atomic E-state index is 12.1. The van der Waals surface area contributed by atoms with Gasteiger partial charge < -0.3 is 5.73 Å². The Kier molecular flexibility index (Phi) is 4.59. The summed E-state index contributed by atoms with van der Waals surface area (Å²) in [6.45, 7) is 2.10. The van der Waals surface area contributed by atoms with E-state index in [1.807, 2.05) is 4.90 Å². The van der Waals surface area contributed by atoms with Gasteiger partial charge in [-0.3, -0.25) is 4.90 Å². The van der Waals surface area contributed by atoms with Gasteiger partial charge in [0.15, 0.2) is 0 Å². The quantitative estimate of drug-likeness (QED) is 0.730. The minimum Gasteiger partial charge on any atom is -0.330 e. The standard InChI is InChI=1S/C9H18F2N2/c10-9(11)7-13-4-2-1-3-8(5-12)6-13/h8-9H,1-7,12H2. The lowest BCUT2D eigenvalue weighted by atomic mass is 10.0. The smallest absolute Gasteiger partial charge is 0.251 e. The van der Waals surface area contributed by atoms with Gasteiger partial charge >= 0.3 is 0 Å². The van der Waals surface area contributed by atoms with Gasteiger partial charge in [0.1, 0.15) is 0 Å². The molecule has 1 heterocycles. The van der Waals surface area contributed by atoms with Gasteiger partial charge in [-0.25, -0.2) is 8.78 Å². The molecule has 0 bridgehead atoms. The zero-order valence-electron chi connectivity index (χ0n) is 7.88. The summed E-state index contributed by atoms with van der Waals surface area (Å²) in [6.07, 6.45) is 1.04. The minimum absolute atomic E-state index is 0.0868. The zero-order valence-corrected chi connectivity index (χ0v) is 7.88. The van der Waals surface area contributed by atoms with Gasteiger partial charge in [-0.15, -0.1) is 0 Å². The summed E-state index contributed by atoms with van der Waals surface area (Å²) in [5.41, 5.74) is 5.55. The number of alkyl halides is 2. The average Bonchev–Trinajstić information content (AvgIpc) is 2.28. The van der Waals surface area contributed by atoms with Crippen LogP contribution in [0, 0.1) is 5.92 Å². The summed E-state index contributed by atoms with van der Waals surface area (Å²) < 4.78 is 24.2. The summed E-state index contributed by atoms with van der Waals surface area (Å²) in [6, 6.07) is 0. The number of halogens is 2. The first-order chi connectivity index (χ1) is 6.22. The van der Waals surface area contributed by atoms with Gasteiger partial charge in [-0.05, 0) is 31.8 Å². The molecular formula is C9H18F2N2. The van der Waals surface area contributed by atoms with Crippen molar-refractivity contribution in [3.05, 3.63) is 0 Å². The topological polar surface area (TPSA) is 29.3 Å². The van der Waals surface area contributed by atoms with Crippen molar-refractivity contribution in [1.82, 2.24) is 4.90 Å². The van der Waals surface area contributed by atoms with E-state index < -0.39 is 6.43 Å². The van der Waals surface area contributed by atoms with Gasteiger partial charge in [0.05, 0.1) is 6.54 Å². The maximum Gasteiger partial charge on any atom is 0.251 e. The van der Waals surface area contributed by atoms with Crippen molar-refractivity contribution in [3.63, 3.8) is 0 Å². The van der Waals surface area contributed by atoms with Crippen LogP contribution in [-0.2, 0) is 0 Å². The maximum absolute atomic E-state index is 12.1. The molecule has 1 saturated heterocycles. The van der Waals surface area contributed by atoms with Crippen LogP contribution in [0.1, 0.15) is 19.3 Å². The van der Waals surface area contributed by atoms with E-state index in [2.05, 4.69) is 0 Å². The van der Waals surface area contributed by atoms with Gasteiger partial charge in [-0.1, -0.05) is 6.42 Å². The Morgan fingerprint density at radius 2 is 2.15 bits per heavy atom. The Balaban J connectivity index is 2.35. The Morgan fingerprint density at radius 1 is 1.38 bits per heavy atom. The first kappa shape index (κ1) is 10.9. The molecule has 13 heavy (non-hydrogen) atoms. The molecule has 1 atom stereocenters. The molecule has 0 aromatic rings. The van der Waals surface area contributed by atoms with E-state index in [9.17, 15) is 8.78 Å². The molecule has 78 valence electrons. The van der Waals surface area contributed by atoms with Gasteiger partial charge in [0, 0.05) is 6.54 Å². The van der Waals surface area contributed by atoms with E-state index in [0.29, 0.717) is 12.5 Å². The largest absolute Gasteiger partial charge is 0.330 e. The molecule has 0 aromatic heterocycles. The van der Waals surface area contributed by atoms with Crippen LogP contribution >= 0.6 is 0 Å². The average molecular weight is 192 g/mol. The predicted molar refractivity (Wildman–Crippen MR) is 48.8 cm³/mol. The molecule has 0 aromatic carbocycles. The van der Waals surface area contributed by atoms with Gasteiger partial charge in [0.2, 0.25) is 0 Å². The fourth-order valence-electron chi connectivity index (χ4n) is 1.87. The fraction of sp³-hybridized carbons (Fsp3) is 1.00. The summed E-state index contributed by atoms with van der Waals surface area (Å²) in [7, 11) is 0. The number of hydrogen-bond donors (Lipinski definition) is 1. The van der Waals surface area contributed by atoms with E-state index in [1.54, 1.807) is 0 Å². The van der Waals surface area contributed by atoms with E-state index in [1.165, 1.54) is 0 Å². The molecule has 1 aliphatic rings. The van der Waals surface area contributed by atoms with E-state index in [0.717, 1.165) is 32.4 Å². The van der Waals surface area contributed by atoms with E-state index in [4.69, 9.17) is 5.73 Å². The van der Waals surface area contributed by atoms with Crippen LogP contribution in [0.3, 0.4) is 0 Å². The van der Waals surface area contributed by atoms with Crippen molar-refractivity contribution in [2.75, 3.05) is 26.2 Å². The third-order valence-electron chi connectivity index (χ3n) is 2.58. The number of nitrogens with zero attached hydrogens (tertiary/aromatic N) is 1. The lowest BCUT2D eigenvalue weighted by molar-refractivity contribution is 0.0843. The SMILES string of the molecule is NCC1CCCCN(CC(F)F)C1. The highest BCUT2D eigenvalue weighted by molar-refractivity contribution is 4.72. The van der Waals surface area contributed by atoms with Crippen molar-refractivity contribution in [2.24, 2.45) is 11.7 Å². The second-order valence-electron chi connectivity index (χ2n) is 3.75. The molecule has 0 aliphatic carbocycles. The second-order valence-corrected chi connectivity index (χ2v) is 3.75. The van der Waals surface area contributed by atoms with E-state index >= 15 is 0 Å². The Labute approximate surface area is 78.1 Å². The molecule has 0 amide bonds. The van der Waals surface area contributed by atoms with E-state index in [-0.39, 0.29) is 6.54 Å². The lowest BCUT2D eigenvalue weighted by Crippen LogP contribution is -2.34. The first-order valence-electron chi connectivity index (χ1n) is 4.93. The molecule has 1 rings (SSSR count). The normalized spacial score (nSPS) is 26.3. The van der Waals surface area contributed by atoms with Crippen LogP contribution in [0.2, 0.25) is 0 Å². The second kappa shape index (κ2) is 5.50. The summed E-state index contributed by atoms with van der Waals surface area (Å²) in [5.74, 6) is 0.418. The van der Waals surface area contributed by atoms with Crippen LogP contribution < -0.4 is 5.73 Å². The monoisotopic (exact) mass is 192 g/mol. The minimum atomic E-state index is -2.21. The summed E-state index contributed by atoms with van der Waals surface area (Å²) >= 11 is 0. The first-order valence-corrected chi connectivity index (χ1v) is 4.93. The molecule has 2 nitrogen and oxygen atoms in total. The van der Waals surface area contributed by atoms with Crippen LogP contribution in [0.25, 0.3) is 0 Å². The summed E-state index contributed by atoms with van der Waals surface area (Å²) in [5, 5.41) is 0. The van der Waals surface area contributed by atoms with Crippen molar-refractivity contribution in [1.29, 1.82) is 0 Å². The van der Waals surface area contributed by atoms with Crippen molar-refractivity contribution in [2.45, 2.75) is 25.7 Å². The number of rotatable bonds is 3. The van der Waals surface area contributed by atoms with Crippen LogP contribution in [-0.4, -0.2) is 37.5 Å². The fourth-order valence-corrected chi connectivity index (χ4v) is 1.87. The van der Waals surface area contributed by atoms with Crippen LogP contribution in [0.15, 0.2) is 0 Å². The molecule has 0 spiro atoms. The molecule has 2 N–H and O–H groups in total. The predicted octanol–water partition coefficient (Wildman–Crippen LogP) is 1.31. The van der Waals surface area contributed by atoms with Gasteiger partial charge in [-0.2, -0.15) is 0 Å². The zero-order chi connectivity index (χ0) is 9.68. The summed E-state index contributed by atoms with van der Waals surface area (Å²) in [4.78, 5) is 1.84. The highest BCUT2D eigenvalue weighted by Gasteiger charge is 2.19. The lowest BCUT2D eigenvalue weighted by Gasteiger charge is -2.22. The third-order valence-corrected chi connectivity index (χ3v) is 2.58. The third kappa shape index (κ3) is 4.00.